The Kier molecular flexibility index (Phi) is 14.3. The predicted molar refractivity (Wildman–Crippen MR) is 390 cm³/mol. The maximum Gasteiger partial charge on any atom is 0.187 e. The van der Waals surface area contributed by atoms with Crippen molar-refractivity contribution in [3.05, 3.63) is 384 Å². The fourth-order valence-electron chi connectivity index (χ4n) is 16.0. The molecule has 0 fully saturated rings. The number of benzene rings is 16. The quantitative estimate of drug-likeness (QED) is 0.0510. The molecule has 442 valence electrons. The van der Waals surface area contributed by atoms with Gasteiger partial charge in [0.05, 0.1) is 6.04 Å². The highest BCUT2D eigenvalue weighted by Crippen LogP contribution is 2.75. The first-order valence-electron chi connectivity index (χ1n) is 31.8. The molecule has 0 aliphatic carbocycles. The molecule has 1 atom stereocenters. The summed E-state index contributed by atoms with van der Waals surface area (Å²) in [5.74, 6) is 8.32. The molecule has 5 nitrogen and oxygen atoms in total. The summed E-state index contributed by atoms with van der Waals surface area (Å²) in [6.45, 7) is 0. The highest BCUT2D eigenvalue weighted by atomic mass is 31.2. The molecule has 16 aromatic rings. The van der Waals surface area contributed by atoms with Crippen LogP contribution in [0.3, 0.4) is 0 Å². The summed E-state index contributed by atoms with van der Waals surface area (Å²) in [4.78, 5) is 6.11. The summed E-state index contributed by atoms with van der Waals surface area (Å²) in [6, 6.07) is 127. The predicted octanol–water partition coefficient (Wildman–Crippen LogP) is 21.6. The molecule has 0 saturated heterocycles. The van der Waals surface area contributed by atoms with Crippen molar-refractivity contribution >= 4 is 93.7 Å². The SMILES string of the molecule is CN(C)P(=NN)(N(C)C(c1cccc2ccccc12)c1cccc2ccccc12)N(C(c1cccc2ccccc12)(c1cccc2ccccc12)c1cccc2ccccc12)C(c1cccc2ccccc12)(c1cccc2ccccc12)c1cccc2ccccc12. The van der Waals surface area contributed by atoms with Gasteiger partial charge in [-0.2, -0.15) is 4.85 Å². The Hall–Kier alpha value is -10.3. The number of fused-ring (bicyclic) bond motifs is 8. The molecular formula is C86H68N5P. The molecule has 0 amide bonds. The lowest BCUT2D eigenvalue weighted by Gasteiger charge is -2.63. The first kappa shape index (κ1) is 56.9. The molecule has 0 aliphatic rings. The van der Waals surface area contributed by atoms with E-state index in [0.29, 0.717) is 0 Å². The average molecular weight is 1200 g/mol. The first-order chi connectivity index (χ1) is 45.4. The van der Waals surface area contributed by atoms with E-state index in [1.165, 1.54) is 0 Å². The van der Waals surface area contributed by atoms with Gasteiger partial charge in [0.15, 0.2) is 7.51 Å². The summed E-state index contributed by atoms with van der Waals surface area (Å²) in [5.41, 5.74) is 5.82. The van der Waals surface area contributed by atoms with Gasteiger partial charge in [-0.3, -0.25) is 4.67 Å². The Morgan fingerprint density at radius 3 is 0.685 bits per heavy atom. The third kappa shape index (κ3) is 8.66. The molecule has 6 heteroatoms. The summed E-state index contributed by atoms with van der Waals surface area (Å²) < 4.78 is 8.04. The van der Waals surface area contributed by atoms with Gasteiger partial charge in [0.25, 0.3) is 0 Å². The second-order valence-electron chi connectivity index (χ2n) is 24.5. The van der Waals surface area contributed by atoms with E-state index in [2.05, 4.69) is 375 Å². The first-order valence-corrected chi connectivity index (χ1v) is 33.4. The van der Waals surface area contributed by atoms with Crippen molar-refractivity contribution in [2.45, 2.75) is 17.1 Å². The summed E-state index contributed by atoms with van der Waals surface area (Å²) in [7, 11) is 2.74. The van der Waals surface area contributed by atoms with Gasteiger partial charge < -0.3 is 0 Å². The Labute approximate surface area is 537 Å². The fraction of sp³-hybridized carbons (Fsp3) is 0.0698. The van der Waals surface area contributed by atoms with E-state index >= 15 is 0 Å². The number of hydrogen-bond donors (Lipinski definition) is 1. The zero-order valence-corrected chi connectivity index (χ0v) is 52.6. The average Bonchev–Trinajstić information content (AvgIpc) is 0.661. The molecule has 0 radical (unpaired) electrons. The number of nitrogens with two attached hydrogens (primary N) is 1. The normalized spacial score (nSPS) is 13.0. The van der Waals surface area contributed by atoms with Crippen molar-refractivity contribution in [2.75, 3.05) is 21.1 Å². The topological polar surface area (TPSA) is 48.1 Å². The van der Waals surface area contributed by atoms with Gasteiger partial charge in [-0.15, -0.1) is 0 Å². The monoisotopic (exact) mass is 1200 g/mol. The molecule has 1 unspecified atom stereocenters. The second kappa shape index (κ2) is 23.2. The molecule has 2 N–H and O–H groups in total. The molecule has 16 aromatic carbocycles. The third-order valence-electron chi connectivity index (χ3n) is 19.7. The molecule has 0 spiro atoms. The number of rotatable bonds is 14. The van der Waals surface area contributed by atoms with Crippen molar-refractivity contribution in [1.82, 2.24) is 14.0 Å². The van der Waals surface area contributed by atoms with Crippen molar-refractivity contribution in [3.8, 4) is 0 Å². The lowest BCUT2D eigenvalue weighted by atomic mass is 9.66. The summed E-state index contributed by atoms with van der Waals surface area (Å²) in [5, 5.41) is 17.8. The van der Waals surface area contributed by atoms with Crippen LogP contribution < -0.4 is 5.84 Å². The smallest absolute Gasteiger partial charge is 0.187 e. The van der Waals surface area contributed by atoms with Gasteiger partial charge in [-0.1, -0.05) is 340 Å². The maximum atomic E-state index is 8.32. The van der Waals surface area contributed by atoms with Crippen LogP contribution in [-0.4, -0.2) is 35.2 Å². The number of nitrogens with zero attached hydrogens (tertiary/aromatic N) is 4. The molecule has 0 aliphatic heterocycles. The molecule has 0 aromatic heterocycles. The fourth-order valence-corrected chi connectivity index (χ4v) is 19.7. The van der Waals surface area contributed by atoms with E-state index in [1.54, 1.807) is 0 Å². The highest BCUT2D eigenvalue weighted by molar-refractivity contribution is 7.59. The van der Waals surface area contributed by atoms with E-state index in [9.17, 15) is 0 Å². The van der Waals surface area contributed by atoms with Crippen LogP contribution in [0, 0.1) is 0 Å². The second-order valence-corrected chi connectivity index (χ2v) is 27.6. The van der Waals surface area contributed by atoms with Gasteiger partial charge in [-0.05, 0) is 152 Å². The molecule has 0 heterocycles. The van der Waals surface area contributed by atoms with Crippen LogP contribution in [0.5, 0.6) is 0 Å². The zero-order valence-electron chi connectivity index (χ0n) is 51.7. The van der Waals surface area contributed by atoms with E-state index in [1.807, 2.05) is 0 Å². The van der Waals surface area contributed by atoms with Crippen molar-refractivity contribution < 1.29 is 0 Å². The van der Waals surface area contributed by atoms with Crippen molar-refractivity contribution in [3.63, 3.8) is 0 Å². The Morgan fingerprint density at radius 2 is 0.457 bits per heavy atom. The van der Waals surface area contributed by atoms with Gasteiger partial charge in [-0.25, -0.2) is 15.2 Å². The lowest BCUT2D eigenvalue weighted by molar-refractivity contribution is 0.161. The molecular weight excluding hydrogens is 1130 g/mol. The van der Waals surface area contributed by atoms with Gasteiger partial charge >= 0.3 is 0 Å². The minimum atomic E-state index is -4.09. The van der Waals surface area contributed by atoms with Gasteiger partial charge in [0.1, 0.15) is 11.1 Å². The number of hydrogen-bond acceptors (Lipinski definition) is 1. The van der Waals surface area contributed by atoms with Crippen LogP contribution in [0.25, 0.3) is 86.2 Å². The summed E-state index contributed by atoms with van der Waals surface area (Å²) in [6.07, 6.45) is 0. The standard InChI is InChI=1S/C86H68N5P/c1-89(2)92(88-87,90(3)84(76-52-20-36-60-28-4-12-44-68(60)76)77-53-21-37-61-29-5-13-45-69(61)77)91(85(78-54-22-38-62-30-6-14-46-70(62)78,79-55-23-39-63-31-7-15-47-71(63)79)80-56-24-40-64-32-8-16-48-72(64)80)86(81-57-25-41-65-33-9-17-49-73(65)81,82-58-26-42-66-34-10-18-50-74(66)82)83-59-27-43-67-35-11-19-51-75(67)83/h4-59,84H,87H2,1-3H3. The van der Waals surface area contributed by atoms with Crippen LogP contribution in [-0.2, 0) is 11.1 Å². The maximum absolute atomic E-state index is 8.32. The van der Waals surface area contributed by atoms with Crippen LogP contribution in [0.4, 0.5) is 0 Å². The molecule has 92 heavy (non-hydrogen) atoms. The minimum absolute atomic E-state index is 0.506. The summed E-state index contributed by atoms with van der Waals surface area (Å²) >= 11 is 0. The third-order valence-corrected chi connectivity index (χ3v) is 23.3. The Morgan fingerprint density at radius 1 is 0.261 bits per heavy atom. The highest BCUT2D eigenvalue weighted by Gasteiger charge is 2.64. The molecule has 0 saturated carbocycles. The Bertz CT molecular complexity index is 4830. The van der Waals surface area contributed by atoms with Gasteiger partial charge in [0, 0.05) is 0 Å². The largest absolute Gasteiger partial charge is 0.251 e. The van der Waals surface area contributed by atoms with Crippen molar-refractivity contribution in [1.29, 1.82) is 0 Å². The molecule has 16 rings (SSSR count). The van der Waals surface area contributed by atoms with E-state index in [-0.39, 0.29) is 0 Å². The van der Waals surface area contributed by atoms with E-state index in [4.69, 9.17) is 10.7 Å². The van der Waals surface area contributed by atoms with E-state index in [0.717, 1.165) is 131 Å². The van der Waals surface area contributed by atoms with Crippen LogP contribution in [0.2, 0.25) is 0 Å². The van der Waals surface area contributed by atoms with E-state index < -0.39 is 24.6 Å². The van der Waals surface area contributed by atoms with Crippen molar-refractivity contribution in [2.24, 2.45) is 10.7 Å². The lowest BCUT2D eigenvalue weighted by Crippen LogP contribution is -2.61. The zero-order chi connectivity index (χ0) is 62.0. The van der Waals surface area contributed by atoms with Crippen LogP contribution in [0.15, 0.2) is 345 Å². The molecule has 0 bridgehead atoms. The van der Waals surface area contributed by atoms with Gasteiger partial charge in [0.2, 0.25) is 0 Å². The Balaban J connectivity index is 1.27. The van der Waals surface area contributed by atoms with Crippen LogP contribution >= 0.6 is 7.51 Å². The van der Waals surface area contributed by atoms with Crippen LogP contribution in [0.1, 0.15) is 50.5 Å². The minimum Gasteiger partial charge on any atom is -0.251 e.